The fourth-order valence-corrected chi connectivity index (χ4v) is 3.29. The highest BCUT2D eigenvalue weighted by molar-refractivity contribution is 8.04. The van der Waals surface area contributed by atoms with Crippen LogP contribution in [-0.4, -0.2) is 29.5 Å². The Labute approximate surface area is 122 Å². The second kappa shape index (κ2) is 7.01. The predicted octanol–water partition coefficient (Wildman–Crippen LogP) is 1.91. The molecule has 1 atom stereocenters. The third-order valence-electron chi connectivity index (χ3n) is 2.92. The summed E-state index contributed by atoms with van der Waals surface area (Å²) in [5, 5.41) is 6.47. The number of allylic oxidation sites excluding steroid dienone is 2. The zero-order valence-electron chi connectivity index (χ0n) is 10.6. The van der Waals surface area contributed by atoms with Gasteiger partial charge in [-0.15, -0.1) is 11.6 Å². The van der Waals surface area contributed by atoms with E-state index in [1.165, 1.54) is 0 Å². The van der Waals surface area contributed by atoms with Crippen LogP contribution in [0.2, 0.25) is 0 Å². The highest BCUT2D eigenvalue weighted by atomic mass is 35.5. The normalized spacial score (nSPS) is 21.3. The molecule has 2 N–H and O–H groups in total. The van der Waals surface area contributed by atoms with Crippen LogP contribution in [0.15, 0.2) is 22.8 Å². The number of thioether (sulfide) groups is 1. The summed E-state index contributed by atoms with van der Waals surface area (Å²) in [7, 11) is 0. The first-order chi connectivity index (χ1) is 9.19. The quantitative estimate of drug-likeness (QED) is 0.736. The van der Waals surface area contributed by atoms with Gasteiger partial charge in [0.15, 0.2) is 5.78 Å². The molecule has 0 aromatic carbocycles. The summed E-state index contributed by atoms with van der Waals surface area (Å²) >= 11 is 7.19. The molecule has 4 nitrogen and oxygen atoms in total. The molecule has 2 aliphatic rings. The summed E-state index contributed by atoms with van der Waals surface area (Å²) < 4.78 is 0. The zero-order valence-corrected chi connectivity index (χ0v) is 12.1. The molecule has 1 amide bonds. The third-order valence-corrected chi connectivity index (χ3v) is 4.41. The number of amides is 1. The molecule has 0 spiro atoms. The average Bonchev–Trinajstić information content (AvgIpc) is 2.78. The number of rotatable bonds is 6. The largest absolute Gasteiger partial charge is 0.372 e. The van der Waals surface area contributed by atoms with Gasteiger partial charge in [-0.05, 0) is 18.9 Å². The van der Waals surface area contributed by atoms with Crippen LogP contribution >= 0.6 is 23.4 Å². The zero-order chi connectivity index (χ0) is 13.7. The van der Waals surface area contributed by atoms with Crippen LogP contribution in [0.4, 0.5) is 0 Å². The van der Waals surface area contributed by atoms with Crippen molar-refractivity contribution >= 4 is 35.1 Å². The van der Waals surface area contributed by atoms with E-state index in [1.54, 1.807) is 17.8 Å². The molecular weight excluding hydrogens is 284 g/mol. The van der Waals surface area contributed by atoms with Crippen molar-refractivity contribution in [1.82, 2.24) is 10.6 Å². The van der Waals surface area contributed by atoms with Crippen LogP contribution in [0.3, 0.4) is 0 Å². The van der Waals surface area contributed by atoms with Gasteiger partial charge in [0.05, 0.1) is 5.37 Å². The van der Waals surface area contributed by atoms with Gasteiger partial charge in [-0.25, -0.2) is 0 Å². The van der Waals surface area contributed by atoms with Gasteiger partial charge in [-0.3, -0.25) is 9.59 Å². The van der Waals surface area contributed by atoms with E-state index in [2.05, 4.69) is 10.6 Å². The molecule has 1 heterocycles. The lowest BCUT2D eigenvalue weighted by atomic mass is 10.1. The maximum Gasteiger partial charge on any atom is 0.220 e. The standard InChI is InChI=1S/C13H17ClN2O2S/c14-6-1-2-12(18)15-7-5-13-16-10-4-3-9(17)8-11(10)19-13/h4,8,13,16H,1-3,5-7H2,(H,15,18). The van der Waals surface area contributed by atoms with Gasteiger partial charge in [0.1, 0.15) is 0 Å². The lowest BCUT2D eigenvalue weighted by molar-refractivity contribution is -0.121. The van der Waals surface area contributed by atoms with E-state index >= 15 is 0 Å². The van der Waals surface area contributed by atoms with E-state index in [9.17, 15) is 9.59 Å². The van der Waals surface area contributed by atoms with Crippen LogP contribution in [-0.2, 0) is 9.59 Å². The molecular formula is C13H17ClN2O2S. The van der Waals surface area contributed by atoms with Crippen molar-refractivity contribution in [1.29, 1.82) is 0 Å². The number of carbonyl (C=O) groups excluding carboxylic acids is 2. The minimum absolute atomic E-state index is 0.0506. The van der Waals surface area contributed by atoms with E-state index in [0.29, 0.717) is 31.7 Å². The second-order valence-corrected chi connectivity index (χ2v) is 6.10. The van der Waals surface area contributed by atoms with Gasteiger partial charge < -0.3 is 10.6 Å². The van der Waals surface area contributed by atoms with Crippen LogP contribution in [0, 0.1) is 0 Å². The third kappa shape index (κ3) is 4.28. The Bertz CT molecular complexity index is 434. The Morgan fingerprint density at radius 2 is 2.42 bits per heavy atom. The number of halogens is 1. The Kier molecular flexibility index (Phi) is 5.34. The van der Waals surface area contributed by atoms with Crippen molar-refractivity contribution in [2.75, 3.05) is 12.4 Å². The lowest BCUT2D eigenvalue weighted by Gasteiger charge is -2.10. The summed E-state index contributed by atoms with van der Waals surface area (Å²) in [6.07, 6.45) is 6.15. The number of carbonyl (C=O) groups is 2. The first-order valence-corrected chi connectivity index (χ1v) is 7.81. The number of hydrogen-bond acceptors (Lipinski definition) is 4. The van der Waals surface area contributed by atoms with Gasteiger partial charge in [0, 0.05) is 35.9 Å². The second-order valence-electron chi connectivity index (χ2n) is 4.48. The Hall–Kier alpha value is -0.940. The smallest absolute Gasteiger partial charge is 0.220 e. The molecule has 104 valence electrons. The molecule has 1 aliphatic carbocycles. The van der Waals surface area contributed by atoms with Crippen molar-refractivity contribution in [3.63, 3.8) is 0 Å². The maximum atomic E-state index is 11.4. The van der Waals surface area contributed by atoms with Crippen LogP contribution in [0.1, 0.15) is 25.7 Å². The SMILES string of the molecule is O=C1C=C2SC(CCNC(=O)CCCCl)NC2=CC1. The predicted molar refractivity (Wildman–Crippen MR) is 77.9 cm³/mol. The topological polar surface area (TPSA) is 58.2 Å². The summed E-state index contributed by atoms with van der Waals surface area (Å²) in [5.41, 5.74) is 1.06. The van der Waals surface area contributed by atoms with Gasteiger partial charge in [0.25, 0.3) is 0 Å². The monoisotopic (exact) mass is 300 g/mol. The molecule has 0 radical (unpaired) electrons. The van der Waals surface area contributed by atoms with Crippen LogP contribution < -0.4 is 10.6 Å². The fraction of sp³-hybridized carbons (Fsp3) is 0.538. The fourth-order valence-electron chi connectivity index (χ4n) is 1.96. The molecule has 1 unspecified atom stereocenters. The van der Waals surface area contributed by atoms with E-state index < -0.39 is 0 Å². The van der Waals surface area contributed by atoms with E-state index in [0.717, 1.165) is 17.0 Å². The summed E-state index contributed by atoms with van der Waals surface area (Å²) in [4.78, 5) is 23.7. The molecule has 1 aliphatic heterocycles. The lowest BCUT2D eigenvalue weighted by Crippen LogP contribution is -2.29. The molecule has 2 rings (SSSR count). The first kappa shape index (κ1) is 14.5. The highest BCUT2D eigenvalue weighted by Crippen LogP contribution is 2.37. The summed E-state index contributed by atoms with van der Waals surface area (Å²) in [5.74, 6) is 0.724. The van der Waals surface area contributed by atoms with Crippen LogP contribution in [0.25, 0.3) is 0 Å². The Morgan fingerprint density at radius 3 is 3.21 bits per heavy atom. The minimum atomic E-state index is 0.0506. The molecule has 19 heavy (non-hydrogen) atoms. The Morgan fingerprint density at radius 1 is 1.58 bits per heavy atom. The number of fused-ring (bicyclic) bond motifs is 1. The highest BCUT2D eigenvalue weighted by Gasteiger charge is 2.26. The van der Waals surface area contributed by atoms with Gasteiger partial charge in [-0.1, -0.05) is 17.8 Å². The number of hydrogen-bond donors (Lipinski definition) is 2. The van der Waals surface area contributed by atoms with Crippen molar-refractivity contribution in [3.05, 3.63) is 22.8 Å². The molecule has 0 bridgehead atoms. The molecule has 0 aromatic rings. The minimum Gasteiger partial charge on any atom is -0.372 e. The van der Waals surface area contributed by atoms with Crippen LogP contribution in [0.5, 0.6) is 0 Å². The van der Waals surface area contributed by atoms with Crippen molar-refractivity contribution < 1.29 is 9.59 Å². The van der Waals surface area contributed by atoms with Gasteiger partial charge in [-0.2, -0.15) is 0 Å². The average molecular weight is 301 g/mol. The molecule has 6 heteroatoms. The summed E-state index contributed by atoms with van der Waals surface area (Å²) in [6, 6.07) is 0. The molecule has 0 aromatic heterocycles. The van der Waals surface area contributed by atoms with Crippen molar-refractivity contribution in [2.24, 2.45) is 0 Å². The number of nitrogens with one attached hydrogen (secondary N) is 2. The van der Waals surface area contributed by atoms with Gasteiger partial charge >= 0.3 is 0 Å². The number of ketones is 1. The molecule has 1 saturated heterocycles. The Balaban J connectivity index is 1.70. The maximum absolute atomic E-state index is 11.4. The van der Waals surface area contributed by atoms with E-state index in [-0.39, 0.29) is 17.1 Å². The van der Waals surface area contributed by atoms with E-state index in [4.69, 9.17) is 11.6 Å². The van der Waals surface area contributed by atoms with Crippen molar-refractivity contribution in [3.8, 4) is 0 Å². The number of alkyl halides is 1. The van der Waals surface area contributed by atoms with Crippen molar-refractivity contribution in [2.45, 2.75) is 31.1 Å². The first-order valence-electron chi connectivity index (χ1n) is 6.40. The van der Waals surface area contributed by atoms with Gasteiger partial charge in [0.2, 0.25) is 5.91 Å². The summed E-state index contributed by atoms with van der Waals surface area (Å²) in [6.45, 7) is 0.639. The van der Waals surface area contributed by atoms with E-state index in [1.807, 2.05) is 6.08 Å². The molecule has 0 saturated carbocycles. The molecule has 1 fully saturated rings.